The molecule has 1 atom stereocenters. The van der Waals surface area contributed by atoms with Crippen LogP contribution in [0.1, 0.15) is 30.2 Å². The van der Waals surface area contributed by atoms with Crippen molar-refractivity contribution in [1.29, 1.82) is 0 Å². The first-order valence-electron chi connectivity index (χ1n) is 13.5. The summed E-state index contributed by atoms with van der Waals surface area (Å²) in [5.74, 6) is 7.96. The van der Waals surface area contributed by atoms with Gasteiger partial charge in [0, 0.05) is 56.7 Å². The lowest BCUT2D eigenvalue weighted by molar-refractivity contribution is 0.122. The predicted molar refractivity (Wildman–Crippen MR) is 161 cm³/mol. The Bertz CT molecular complexity index is 1560. The van der Waals surface area contributed by atoms with E-state index in [1.165, 1.54) is 5.69 Å². The number of halogens is 1. The highest BCUT2D eigenvalue weighted by Crippen LogP contribution is 2.31. The van der Waals surface area contributed by atoms with Gasteiger partial charge in [0.05, 0.1) is 36.3 Å². The van der Waals surface area contributed by atoms with Crippen LogP contribution in [0.15, 0.2) is 48.8 Å². The minimum absolute atomic E-state index is 0.131. The van der Waals surface area contributed by atoms with Crippen molar-refractivity contribution >= 4 is 28.8 Å². The summed E-state index contributed by atoms with van der Waals surface area (Å²) in [6.45, 7) is 7.86. The average Bonchev–Trinajstić information content (AvgIpc) is 3.25. The SMILES string of the molecule is Cc1nn(C)c(O[C@@H](C)CCNc2cc(Cl)ncc2C#Cc2ccc(N3CCOCC3)cc2)c1-c1nccc(N)n1. The van der Waals surface area contributed by atoms with E-state index in [0.717, 1.165) is 54.4 Å². The fraction of sp³-hybridized carbons (Fsp3) is 0.333. The Balaban J connectivity index is 1.22. The molecular formula is C30H33ClN8O2. The van der Waals surface area contributed by atoms with Gasteiger partial charge in [-0.25, -0.2) is 19.6 Å². The Morgan fingerprint density at radius 3 is 2.68 bits per heavy atom. The van der Waals surface area contributed by atoms with Crippen molar-refractivity contribution < 1.29 is 9.47 Å². The van der Waals surface area contributed by atoms with Gasteiger partial charge in [-0.2, -0.15) is 5.10 Å². The maximum absolute atomic E-state index is 6.30. The van der Waals surface area contributed by atoms with Gasteiger partial charge in [0.1, 0.15) is 16.5 Å². The lowest BCUT2D eigenvalue weighted by atomic mass is 10.1. The minimum atomic E-state index is -0.131. The van der Waals surface area contributed by atoms with Gasteiger partial charge in [-0.3, -0.25) is 0 Å². The third-order valence-electron chi connectivity index (χ3n) is 6.71. The molecule has 3 N–H and O–H groups in total. The Labute approximate surface area is 244 Å². The van der Waals surface area contributed by atoms with Crippen LogP contribution in [-0.4, -0.2) is 63.7 Å². The smallest absolute Gasteiger partial charge is 0.223 e. The molecule has 212 valence electrons. The largest absolute Gasteiger partial charge is 0.474 e. The van der Waals surface area contributed by atoms with Crippen molar-refractivity contribution in [3.05, 3.63) is 70.8 Å². The number of anilines is 3. The number of nitrogens with two attached hydrogens (primary N) is 1. The summed E-state index contributed by atoms with van der Waals surface area (Å²) in [7, 11) is 1.84. The number of nitrogens with one attached hydrogen (secondary N) is 1. The van der Waals surface area contributed by atoms with Crippen LogP contribution in [0.2, 0.25) is 5.15 Å². The highest BCUT2D eigenvalue weighted by atomic mass is 35.5. The molecule has 0 aliphatic carbocycles. The molecule has 0 spiro atoms. The van der Waals surface area contributed by atoms with Crippen molar-refractivity contribution in [3.63, 3.8) is 0 Å². The van der Waals surface area contributed by atoms with Crippen molar-refractivity contribution in [1.82, 2.24) is 24.7 Å². The fourth-order valence-corrected chi connectivity index (χ4v) is 4.73. The molecule has 11 heteroatoms. The summed E-state index contributed by atoms with van der Waals surface area (Å²) in [4.78, 5) is 15.3. The molecular weight excluding hydrogens is 540 g/mol. The lowest BCUT2D eigenvalue weighted by Gasteiger charge is -2.28. The van der Waals surface area contributed by atoms with Crippen molar-refractivity contribution in [2.75, 3.05) is 48.8 Å². The molecule has 1 aliphatic rings. The van der Waals surface area contributed by atoms with Gasteiger partial charge in [0.2, 0.25) is 5.88 Å². The van der Waals surface area contributed by atoms with E-state index in [9.17, 15) is 0 Å². The van der Waals surface area contributed by atoms with E-state index in [1.807, 2.05) is 33.0 Å². The molecule has 1 aromatic carbocycles. The van der Waals surface area contributed by atoms with Crippen LogP contribution < -0.4 is 20.7 Å². The van der Waals surface area contributed by atoms with Crippen LogP contribution in [0.3, 0.4) is 0 Å². The number of hydrogen-bond acceptors (Lipinski definition) is 9. The second kappa shape index (κ2) is 12.9. The van der Waals surface area contributed by atoms with E-state index >= 15 is 0 Å². The molecule has 1 saturated heterocycles. The quantitative estimate of drug-likeness (QED) is 0.235. The first-order chi connectivity index (χ1) is 19.9. The number of benzene rings is 1. The Morgan fingerprint density at radius 1 is 1.15 bits per heavy atom. The van der Waals surface area contributed by atoms with Gasteiger partial charge < -0.3 is 25.4 Å². The predicted octanol–water partition coefficient (Wildman–Crippen LogP) is 4.32. The van der Waals surface area contributed by atoms with E-state index < -0.39 is 0 Å². The second-order valence-corrected chi connectivity index (χ2v) is 10.2. The molecule has 0 saturated carbocycles. The summed E-state index contributed by atoms with van der Waals surface area (Å²) in [5, 5.41) is 8.35. The monoisotopic (exact) mass is 572 g/mol. The van der Waals surface area contributed by atoms with Gasteiger partial charge in [0.15, 0.2) is 5.82 Å². The van der Waals surface area contributed by atoms with Gasteiger partial charge in [-0.15, -0.1) is 0 Å². The zero-order chi connectivity index (χ0) is 28.8. The number of aryl methyl sites for hydroxylation is 2. The highest BCUT2D eigenvalue weighted by molar-refractivity contribution is 6.29. The molecule has 3 aromatic heterocycles. The van der Waals surface area contributed by atoms with Gasteiger partial charge in [0.25, 0.3) is 0 Å². The van der Waals surface area contributed by atoms with E-state index in [2.05, 4.69) is 54.2 Å². The third-order valence-corrected chi connectivity index (χ3v) is 6.91. The summed E-state index contributed by atoms with van der Waals surface area (Å²) < 4.78 is 13.5. The molecule has 4 aromatic rings. The number of rotatable bonds is 8. The van der Waals surface area contributed by atoms with Gasteiger partial charge in [-0.1, -0.05) is 23.4 Å². The zero-order valence-electron chi connectivity index (χ0n) is 23.4. The number of nitrogens with zero attached hydrogens (tertiary/aromatic N) is 6. The topological polar surface area (TPSA) is 116 Å². The molecule has 0 amide bonds. The number of hydrogen-bond donors (Lipinski definition) is 2. The summed E-state index contributed by atoms with van der Waals surface area (Å²) in [6, 6.07) is 11.7. The Hall–Kier alpha value is -4.33. The van der Waals surface area contributed by atoms with Crippen LogP contribution in [0.4, 0.5) is 17.2 Å². The van der Waals surface area contributed by atoms with Crippen LogP contribution in [0, 0.1) is 18.8 Å². The number of aromatic nitrogens is 5. The number of nitrogen functional groups attached to an aromatic ring is 1. The molecule has 1 fully saturated rings. The minimum Gasteiger partial charge on any atom is -0.474 e. The van der Waals surface area contributed by atoms with E-state index in [-0.39, 0.29) is 6.10 Å². The third kappa shape index (κ3) is 7.06. The summed E-state index contributed by atoms with van der Waals surface area (Å²) in [5.41, 5.74) is 11.1. The van der Waals surface area contributed by atoms with Crippen LogP contribution >= 0.6 is 11.6 Å². The molecule has 0 unspecified atom stereocenters. The number of pyridine rings is 1. The lowest BCUT2D eigenvalue weighted by Crippen LogP contribution is -2.36. The normalized spacial score (nSPS) is 13.8. The van der Waals surface area contributed by atoms with E-state index in [0.29, 0.717) is 35.6 Å². The first-order valence-corrected chi connectivity index (χ1v) is 13.9. The molecule has 41 heavy (non-hydrogen) atoms. The summed E-state index contributed by atoms with van der Waals surface area (Å²) in [6.07, 6.45) is 3.89. The summed E-state index contributed by atoms with van der Waals surface area (Å²) >= 11 is 6.21. The first kappa shape index (κ1) is 28.2. The average molecular weight is 573 g/mol. The van der Waals surface area contributed by atoms with Crippen LogP contribution in [-0.2, 0) is 11.8 Å². The van der Waals surface area contributed by atoms with Gasteiger partial charge in [-0.05, 0) is 50.2 Å². The van der Waals surface area contributed by atoms with E-state index in [1.54, 1.807) is 29.2 Å². The van der Waals surface area contributed by atoms with Crippen LogP contribution in [0.5, 0.6) is 5.88 Å². The number of ether oxygens (including phenoxy) is 2. The Morgan fingerprint density at radius 2 is 1.93 bits per heavy atom. The van der Waals surface area contributed by atoms with E-state index in [4.69, 9.17) is 26.8 Å². The molecule has 5 rings (SSSR count). The maximum atomic E-state index is 6.30. The second-order valence-electron chi connectivity index (χ2n) is 9.79. The molecule has 0 bridgehead atoms. The molecule has 1 aliphatic heterocycles. The van der Waals surface area contributed by atoms with Crippen molar-refractivity contribution in [2.45, 2.75) is 26.4 Å². The van der Waals surface area contributed by atoms with Crippen LogP contribution in [0.25, 0.3) is 11.4 Å². The molecule has 0 radical (unpaired) electrons. The Kier molecular flexibility index (Phi) is 8.87. The number of morpholine rings is 1. The van der Waals surface area contributed by atoms with Crippen molar-refractivity contribution in [2.24, 2.45) is 7.05 Å². The maximum Gasteiger partial charge on any atom is 0.223 e. The standard InChI is InChI=1S/C30H33ClN8O2/c1-20(41-30-28(21(2)37-38(30)3)29-34-13-11-27(32)36-29)10-12-33-25-18-26(31)35-19-23(25)7-4-22-5-8-24(9-6-22)39-14-16-40-17-15-39/h5-6,8-9,11,13,18-20H,10,12,14-17H2,1-3H3,(H,33,35)(H2,32,34,36)/t20-/m0/s1. The fourth-order valence-electron chi connectivity index (χ4n) is 4.57. The highest BCUT2D eigenvalue weighted by Gasteiger charge is 2.21. The molecule has 4 heterocycles. The zero-order valence-corrected chi connectivity index (χ0v) is 24.1. The van der Waals surface area contributed by atoms with Gasteiger partial charge >= 0.3 is 0 Å². The van der Waals surface area contributed by atoms with Crippen molar-refractivity contribution in [3.8, 4) is 29.1 Å². The molecule has 10 nitrogen and oxygen atoms in total.